The van der Waals surface area contributed by atoms with Crippen LogP contribution in [0.3, 0.4) is 0 Å². The van der Waals surface area contributed by atoms with Gasteiger partial charge in [0.1, 0.15) is 0 Å². The van der Waals surface area contributed by atoms with Crippen molar-refractivity contribution in [2.45, 2.75) is 27.7 Å². The fourth-order valence-electron chi connectivity index (χ4n) is 1.28. The second-order valence-corrected chi connectivity index (χ2v) is 3.47. The van der Waals surface area contributed by atoms with E-state index in [9.17, 15) is 4.79 Å². The third kappa shape index (κ3) is 6.67. The molecule has 4 nitrogen and oxygen atoms in total. The minimum atomic E-state index is 0.128. The second kappa shape index (κ2) is 10.7. The van der Waals surface area contributed by atoms with Crippen molar-refractivity contribution in [3.8, 4) is 0 Å². The molecular formula is C12H29N3O. The highest BCUT2D eigenvalue weighted by Gasteiger charge is 2.19. The van der Waals surface area contributed by atoms with Crippen LogP contribution in [0.1, 0.15) is 27.7 Å². The normalized spacial score (nSPS) is 15.3. The van der Waals surface area contributed by atoms with Crippen LogP contribution in [0.15, 0.2) is 0 Å². The first-order valence-electron chi connectivity index (χ1n) is 6.26. The topological polar surface area (TPSA) is 26.8 Å². The molecule has 0 unspecified atom stereocenters. The fourth-order valence-corrected chi connectivity index (χ4v) is 1.28. The van der Waals surface area contributed by atoms with Crippen LogP contribution >= 0.6 is 0 Å². The number of hydrogen-bond donors (Lipinski definition) is 0. The van der Waals surface area contributed by atoms with E-state index in [0.717, 1.165) is 26.2 Å². The Balaban J connectivity index is 0. The van der Waals surface area contributed by atoms with E-state index < -0.39 is 0 Å². The van der Waals surface area contributed by atoms with Gasteiger partial charge in [-0.3, -0.25) is 0 Å². The summed E-state index contributed by atoms with van der Waals surface area (Å²) in [5.41, 5.74) is 0. The quantitative estimate of drug-likeness (QED) is 0.637. The Morgan fingerprint density at radius 3 is 1.62 bits per heavy atom. The van der Waals surface area contributed by atoms with Crippen molar-refractivity contribution in [3.05, 3.63) is 0 Å². The lowest BCUT2D eigenvalue weighted by Gasteiger charge is -2.33. The van der Waals surface area contributed by atoms with Crippen LogP contribution in [-0.4, -0.2) is 68.1 Å². The van der Waals surface area contributed by atoms with Gasteiger partial charge in [-0.15, -0.1) is 0 Å². The number of piperazine rings is 1. The van der Waals surface area contributed by atoms with Crippen LogP contribution in [0, 0.1) is 0 Å². The van der Waals surface area contributed by atoms with Gasteiger partial charge in [0.2, 0.25) is 0 Å². The predicted molar refractivity (Wildman–Crippen MR) is 70.8 cm³/mol. The molecule has 1 heterocycles. The summed E-state index contributed by atoms with van der Waals surface area (Å²) in [6, 6.07) is 0.128. The Morgan fingerprint density at radius 1 is 0.938 bits per heavy atom. The smallest absolute Gasteiger partial charge is 0.319 e. The van der Waals surface area contributed by atoms with Crippen molar-refractivity contribution in [2.75, 3.05) is 47.3 Å². The summed E-state index contributed by atoms with van der Waals surface area (Å²) in [7, 11) is 5.67. The molecule has 0 saturated carbocycles. The largest absolute Gasteiger partial charge is 0.331 e. The van der Waals surface area contributed by atoms with Gasteiger partial charge in [0.25, 0.3) is 0 Å². The third-order valence-electron chi connectivity index (χ3n) is 2.16. The molecule has 98 valence electrons. The number of nitrogens with zero attached hydrogens (tertiary/aromatic N) is 3. The number of carbonyl (C=O) groups is 1. The Labute approximate surface area is 101 Å². The molecular weight excluding hydrogens is 202 g/mol. The Hall–Kier alpha value is -0.770. The van der Waals surface area contributed by atoms with Gasteiger partial charge in [-0.05, 0) is 7.05 Å². The Morgan fingerprint density at radius 2 is 1.31 bits per heavy atom. The maximum absolute atomic E-state index is 11.4. The number of carbonyl (C=O) groups excluding carboxylic acids is 1. The van der Waals surface area contributed by atoms with Gasteiger partial charge in [0, 0.05) is 40.3 Å². The van der Waals surface area contributed by atoms with E-state index in [1.54, 1.807) is 19.0 Å². The molecule has 16 heavy (non-hydrogen) atoms. The molecule has 0 bridgehead atoms. The molecule has 0 aromatic rings. The number of rotatable bonds is 0. The van der Waals surface area contributed by atoms with E-state index in [0.29, 0.717) is 0 Å². The van der Waals surface area contributed by atoms with Crippen LogP contribution in [0.4, 0.5) is 4.79 Å². The van der Waals surface area contributed by atoms with E-state index in [2.05, 4.69) is 11.9 Å². The van der Waals surface area contributed by atoms with E-state index in [4.69, 9.17) is 0 Å². The predicted octanol–water partition coefficient (Wildman–Crippen LogP) is 1.97. The van der Waals surface area contributed by atoms with E-state index in [1.165, 1.54) is 0 Å². The highest BCUT2D eigenvalue weighted by Crippen LogP contribution is 2.01. The monoisotopic (exact) mass is 231 g/mol. The van der Waals surface area contributed by atoms with E-state index in [-0.39, 0.29) is 6.03 Å². The Bertz CT molecular complexity index is 164. The zero-order valence-corrected chi connectivity index (χ0v) is 12.1. The van der Waals surface area contributed by atoms with Crippen molar-refractivity contribution in [2.24, 2.45) is 0 Å². The fraction of sp³-hybridized carbons (Fsp3) is 0.917. The van der Waals surface area contributed by atoms with Crippen LogP contribution in [-0.2, 0) is 0 Å². The van der Waals surface area contributed by atoms with Gasteiger partial charge in [0.05, 0.1) is 0 Å². The summed E-state index contributed by atoms with van der Waals surface area (Å²) in [6.45, 7) is 11.7. The number of hydrogen-bond acceptors (Lipinski definition) is 2. The van der Waals surface area contributed by atoms with Crippen LogP contribution in [0.25, 0.3) is 0 Å². The zero-order valence-electron chi connectivity index (χ0n) is 12.1. The lowest BCUT2D eigenvalue weighted by atomic mass is 10.3. The lowest BCUT2D eigenvalue weighted by molar-refractivity contribution is 0.135. The number of amides is 2. The molecule has 0 aromatic carbocycles. The minimum absolute atomic E-state index is 0.128. The summed E-state index contributed by atoms with van der Waals surface area (Å²) >= 11 is 0. The molecule has 1 aliphatic rings. The van der Waals surface area contributed by atoms with Crippen LogP contribution in [0.2, 0.25) is 0 Å². The summed E-state index contributed by atoms with van der Waals surface area (Å²) in [5.74, 6) is 0. The highest BCUT2D eigenvalue weighted by molar-refractivity contribution is 5.73. The van der Waals surface area contributed by atoms with Gasteiger partial charge < -0.3 is 14.7 Å². The molecule has 0 spiro atoms. The van der Waals surface area contributed by atoms with E-state index >= 15 is 0 Å². The average Bonchev–Trinajstić information content (AvgIpc) is 2.34. The first-order chi connectivity index (χ1) is 7.61. The molecule has 1 fully saturated rings. The molecule has 0 atom stereocenters. The number of urea groups is 1. The first kappa shape index (κ1) is 17.6. The lowest BCUT2D eigenvalue weighted by Crippen LogP contribution is -2.50. The van der Waals surface area contributed by atoms with Crippen LogP contribution in [0.5, 0.6) is 0 Å². The molecule has 1 saturated heterocycles. The highest BCUT2D eigenvalue weighted by atomic mass is 16.2. The van der Waals surface area contributed by atoms with Crippen molar-refractivity contribution in [3.63, 3.8) is 0 Å². The van der Waals surface area contributed by atoms with Crippen LogP contribution < -0.4 is 0 Å². The van der Waals surface area contributed by atoms with Crippen molar-refractivity contribution in [1.29, 1.82) is 0 Å². The van der Waals surface area contributed by atoms with Gasteiger partial charge in [-0.25, -0.2) is 4.79 Å². The molecule has 0 aliphatic carbocycles. The average molecular weight is 231 g/mol. The van der Waals surface area contributed by atoms with Gasteiger partial charge >= 0.3 is 6.03 Å². The van der Waals surface area contributed by atoms with Gasteiger partial charge in [0.15, 0.2) is 0 Å². The third-order valence-corrected chi connectivity index (χ3v) is 2.16. The van der Waals surface area contributed by atoms with Gasteiger partial charge in [-0.2, -0.15) is 0 Å². The van der Waals surface area contributed by atoms with Crippen molar-refractivity contribution < 1.29 is 4.79 Å². The molecule has 1 rings (SSSR count). The molecule has 4 heteroatoms. The van der Waals surface area contributed by atoms with Gasteiger partial charge in [-0.1, -0.05) is 27.7 Å². The molecule has 0 aromatic heterocycles. The van der Waals surface area contributed by atoms with Crippen molar-refractivity contribution in [1.82, 2.24) is 14.7 Å². The molecule has 0 radical (unpaired) electrons. The minimum Gasteiger partial charge on any atom is -0.331 e. The maximum atomic E-state index is 11.4. The van der Waals surface area contributed by atoms with Crippen molar-refractivity contribution >= 4 is 6.03 Å². The zero-order chi connectivity index (χ0) is 13.1. The first-order valence-corrected chi connectivity index (χ1v) is 6.26. The molecule has 0 N–H and O–H groups in total. The summed E-state index contributed by atoms with van der Waals surface area (Å²) in [4.78, 5) is 17.2. The van der Waals surface area contributed by atoms with E-state index in [1.807, 2.05) is 32.6 Å². The standard InChI is InChI=1S/C8H17N3O.2C2H6/c1-9(2)8(12)11-6-4-10(3)5-7-11;2*1-2/h4-7H2,1-3H3;2*1-2H3. The molecule has 1 aliphatic heterocycles. The summed E-state index contributed by atoms with van der Waals surface area (Å²) in [5, 5.41) is 0. The Kier molecular flexibility index (Phi) is 11.8. The summed E-state index contributed by atoms with van der Waals surface area (Å²) < 4.78 is 0. The summed E-state index contributed by atoms with van der Waals surface area (Å²) in [6.07, 6.45) is 0. The maximum Gasteiger partial charge on any atom is 0.319 e. The SMILES string of the molecule is CC.CC.CN1CCN(C(=O)N(C)C)CC1. The second-order valence-electron chi connectivity index (χ2n) is 3.47. The number of likely N-dealkylation sites (N-methyl/N-ethyl adjacent to an activating group) is 1. The molecule has 2 amide bonds.